The number of carbonyl (C=O) groups is 1. The highest BCUT2D eigenvalue weighted by atomic mass is 79.9. The number of carbonyl (C=O) groups excluding carboxylic acids is 1. The van der Waals surface area contributed by atoms with Crippen molar-refractivity contribution in [3.63, 3.8) is 0 Å². The number of hydrogen-bond donors (Lipinski definition) is 2. The van der Waals surface area contributed by atoms with Crippen molar-refractivity contribution in [3.05, 3.63) is 28.7 Å². The van der Waals surface area contributed by atoms with E-state index in [2.05, 4.69) is 50.4 Å². The zero-order chi connectivity index (χ0) is 16.5. The van der Waals surface area contributed by atoms with E-state index in [9.17, 15) is 4.79 Å². The van der Waals surface area contributed by atoms with Crippen molar-refractivity contribution in [1.29, 1.82) is 0 Å². The third-order valence-electron chi connectivity index (χ3n) is 4.42. The van der Waals surface area contributed by atoms with Crippen LogP contribution in [0.4, 0.5) is 5.69 Å². The largest absolute Gasteiger partial charge is 0.371 e. The van der Waals surface area contributed by atoms with Gasteiger partial charge in [0.05, 0.1) is 0 Å². The fraction of sp³-hybridized carbons (Fsp3) is 0.611. The Hall–Kier alpha value is -0.490. The molecule has 2 rings (SSSR count). The minimum atomic E-state index is 0. The first-order chi connectivity index (χ1) is 11.2. The van der Waals surface area contributed by atoms with Gasteiger partial charge in [-0.05, 0) is 56.0 Å². The summed E-state index contributed by atoms with van der Waals surface area (Å²) in [7, 11) is 0. The van der Waals surface area contributed by atoms with Crippen LogP contribution in [0.3, 0.4) is 0 Å². The number of hydrogen-bond acceptors (Lipinski definition) is 3. The Kier molecular flexibility index (Phi) is 13.4. The molecule has 0 radical (unpaired) electrons. The van der Waals surface area contributed by atoms with Crippen molar-refractivity contribution in [2.24, 2.45) is 11.7 Å². The molecule has 1 aromatic rings. The van der Waals surface area contributed by atoms with Crippen LogP contribution in [0.2, 0.25) is 0 Å². The van der Waals surface area contributed by atoms with Gasteiger partial charge in [-0.3, -0.25) is 4.79 Å². The lowest BCUT2D eigenvalue weighted by Crippen LogP contribution is -2.30. The van der Waals surface area contributed by atoms with Gasteiger partial charge >= 0.3 is 0 Å². The van der Waals surface area contributed by atoms with Gasteiger partial charge in [0.25, 0.3) is 0 Å². The Bertz CT molecular complexity index is 488. The molecule has 1 heterocycles. The van der Waals surface area contributed by atoms with Crippen LogP contribution < -0.4 is 16.0 Å². The van der Waals surface area contributed by atoms with Gasteiger partial charge in [-0.1, -0.05) is 28.8 Å². The second-order valence-electron chi connectivity index (χ2n) is 6.33. The Morgan fingerprint density at radius 3 is 2.52 bits per heavy atom. The molecule has 1 atom stereocenters. The summed E-state index contributed by atoms with van der Waals surface area (Å²) in [6.07, 6.45) is 6.07. The Morgan fingerprint density at radius 2 is 1.84 bits per heavy atom. The Morgan fingerprint density at radius 1 is 1.16 bits per heavy atom. The van der Waals surface area contributed by atoms with Crippen LogP contribution in [0, 0.1) is 5.92 Å². The molecule has 4 nitrogen and oxygen atoms in total. The lowest BCUT2D eigenvalue weighted by molar-refractivity contribution is -0.121. The first-order valence-electron chi connectivity index (χ1n) is 8.66. The molecule has 0 saturated carbocycles. The minimum Gasteiger partial charge on any atom is -0.371 e. The van der Waals surface area contributed by atoms with E-state index in [4.69, 9.17) is 5.73 Å². The van der Waals surface area contributed by atoms with Crippen LogP contribution in [0.5, 0.6) is 0 Å². The first kappa shape index (κ1) is 24.5. The van der Waals surface area contributed by atoms with E-state index in [-0.39, 0.29) is 30.7 Å². The van der Waals surface area contributed by atoms with Gasteiger partial charge in [-0.2, -0.15) is 0 Å². The number of amides is 1. The van der Waals surface area contributed by atoms with Gasteiger partial charge in [-0.25, -0.2) is 0 Å². The molecule has 0 aromatic heterocycles. The fourth-order valence-corrected chi connectivity index (χ4v) is 3.28. The number of nitrogens with zero attached hydrogens (tertiary/aromatic N) is 1. The van der Waals surface area contributed by atoms with Crippen molar-refractivity contribution in [2.75, 3.05) is 31.1 Å². The van der Waals surface area contributed by atoms with E-state index < -0.39 is 0 Å². The van der Waals surface area contributed by atoms with Crippen molar-refractivity contribution < 1.29 is 4.79 Å². The zero-order valence-corrected chi connectivity index (χ0v) is 17.8. The maximum atomic E-state index is 11.9. The Balaban J connectivity index is 0.00000288. The maximum absolute atomic E-state index is 11.9. The molecular weight excluding hydrogens is 425 g/mol. The molecular formula is C18H30BrCl2N3O. The highest BCUT2D eigenvalue weighted by Gasteiger charge is 2.22. The summed E-state index contributed by atoms with van der Waals surface area (Å²) in [4.78, 5) is 14.3. The predicted molar refractivity (Wildman–Crippen MR) is 114 cm³/mol. The molecule has 0 aliphatic carbocycles. The molecule has 1 amide bonds. The molecule has 144 valence electrons. The number of unbranched alkanes of at least 4 members (excludes halogenated alkanes) is 3. The molecule has 0 spiro atoms. The Labute approximate surface area is 172 Å². The second-order valence-corrected chi connectivity index (χ2v) is 7.25. The van der Waals surface area contributed by atoms with E-state index >= 15 is 0 Å². The summed E-state index contributed by atoms with van der Waals surface area (Å²) in [5.41, 5.74) is 6.73. The summed E-state index contributed by atoms with van der Waals surface area (Å²) >= 11 is 3.47. The number of nitrogens with two attached hydrogens (primary N) is 1. The van der Waals surface area contributed by atoms with E-state index in [0.29, 0.717) is 12.3 Å². The summed E-state index contributed by atoms with van der Waals surface area (Å²) in [5, 5.41) is 3.10. The van der Waals surface area contributed by atoms with E-state index in [1.165, 1.54) is 5.69 Å². The molecule has 1 fully saturated rings. The average Bonchev–Trinajstić information content (AvgIpc) is 3.02. The monoisotopic (exact) mass is 453 g/mol. The second kappa shape index (κ2) is 13.7. The van der Waals surface area contributed by atoms with Crippen LogP contribution in [-0.4, -0.2) is 32.1 Å². The van der Waals surface area contributed by atoms with Crippen LogP contribution in [0.1, 0.15) is 38.5 Å². The van der Waals surface area contributed by atoms with Crippen molar-refractivity contribution in [2.45, 2.75) is 38.5 Å². The van der Waals surface area contributed by atoms with E-state index in [0.717, 1.165) is 62.8 Å². The molecule has 0 bridgehead atoms. The topological polar surface area (TPSA) is 58.4 Å². The van der Waals surface area contributed by atoms with E-state index in [1.807, 2.05) is 0 Å². The number of benzene rings is 1. The fourth-order valence-electron chi connectivity index (χ4n) is 3.02. The molecule has 7 heteroatoms. The quantitative estimate of drug-likeness (QED) is 0.551. The average molecular weight is 455 g/mol. The normalized spacial score (nSPS) is 16.1. The molecule has 1 aromatic carbocycles. The number of nitrogens with one attached hydrogen (secondary N) is 1. The number of anilines is 1. The lowest BCUT2D eigenvalue weighted by Gasteiger charge is -2.19. The maximum Gasteiger partial charge on any atom is 0.220 e. The van der Waals surface area contributed by atoms with Gasteiger partial charge in [0.15, 0.2) is 0 Å². The standard InChI is InChI=1S/C18H28BrN3O.2ClH/c19-16-6-8-17(9-7-16)22-12-10-15(14-22)13-21-18(23)5-3-1-2-4-11-20;;/h6-9,15H,1-5,10-14,20H2,(H,21,23);2*1H. The third kappa shape index (κ3) is 9.13. The van der Waals surface area contributed by atoms with Gasteiger partial charge in [0.2, 0.25) is 5.91 Å². The van der Waals surface area contributed by atoms with Gasteiger partial charge < -0.3 is 16.0 Å². The SMILES string of the molecule is Cl.Cl.NCCCCCCC(=O)NCC1CCN(c2ccc(Br)cc2)C1. The van der Waals surface area contributed by atoms with Gasteiger partial charge in [0.1, 0.15) is 0 Å². The summed E-state index contributed by atoms with van der Waals surface area (Å²) in [5.74, 6) is 0.750. The molecule has 3 N–H and O–H groups in total. The minimum absolute atomic E-state index is 0. The first-order valence-corrected chi connectivity index (χ1v) is 9.45. The third-order valence-corrected chi connectivity index (χ3v) is 4.95. The van der Waals surface area contributed by atoms with Crippen molar-refractivity contribution >= 4 is 52.3 Å². The number of halogens is 3. The van der Waals surface area contributed by atoms with Crippen LogP contribution in [0.15, 0.2) is 28.7 Å². The van der Waals surface area contributed by atoms with Crippen LogP contribution in [0.25, 0.3) is 0 Å². The summed E-state index contributed by atoms with van der Waals surface area (Å²) in [6.45, 7) is 3.65. The molecule has 25 heavy (non-hydrogen) atoms. The summed E-state index contributed by atoms with van der Waals surface area (Å²) in [6, 6.07) is 8.45. The molecule has 1 aliphatic heterocycles. The zero-order valence-electron chi connectivity index (χ0n) is 14.6. The highest BCUT2D eigenvalue weighted by Crippen LogP contribution is 2.24. The highest BCUT2D eigenvalue weighted by molar-refractivity contribution is 9.10. The van der Waals surface area contributed by atoms with Gasteiger partial charge in [-0.15, -0.1) is 24.8 Å². The van der Waals surface area contributed by atoms with Gasteiger partial charge in [0, 0.05) is 36.2 Å². The van der Waals surface area contributed by atoms with Crippen LogP contribution >= 0.6 is 40.7 Å². The number of rotatable bonds is 9. The predicted octanol–water partition coefficient (Wildman–Crippen LogP) is 4.14. The van der Waals surface area contributed by atoms with Crippen molar-refractivity contribution in [1.82, 2.24) is 5.32 Å². The molecule has 1 unspecified atom stereocenters. The van der Waals surface area contributed by atoms with Crippen LogP contribution in [-0.2, 0) is 4.79 Å². The van der Waals surface area contributed by atoms with E-state index in [1.54, 1.807) is 0 Å². The molecule has 1 aliphatic rings. The molecule has 1 saturated heterocycles. The summed E-state index contributed by atoms with van der Waals surface area (Å²) < 4.78 is 1.11. The van der Waals surface area contributed by atoms with Crippen molar-refractivity contribution in [3.8, 4) is 0 Å². The smallest absolute Gasteiger partial charge is 0.220 e. The lowest BCUT2D eigenvalue weighted by atomic mass is 10.1.